The van der Waals surface area contributed by atoms with Crippen molar-refractivity contribution in [2.45, 2.75) is 18.4 Å². The number of carbonyl (C=O) groups excluding carboxylic acids is 1. The molecular formula is C14H19N3O2. The number of carbonyl (C=O) groups is 1. The number of hydrogen-bond acceptors (Lipinski definition) is 4. The summed E-state index contributed by atoms with van der Waals surface area (Å²) in [4.78, 5) is 15.8. The summed E-state index contributed by atoms with van der Waals surface area (Å²) >= 11 is 0. The molecule has 1 amide bonds. The number of pyridine rings is 1. The maximum atomic E-state index is 11.9. The molecule has 2 N–H and O–H groups in total. The van der Waals surface area contributed by atoms with E-state index in [4.69, 9.17) is 4.74 Å². The third-order valence-corrected chi connectivity index (χ3v) is 4.17. The summed E-state index contributed by atoms with van der Waals surface area (Å²) in [5.74, 6) is 0.536. The van der Waals surface area contributed by atoms with E-state index in [-0.39, 0.29) is 11.5 Å². The smallest absolute Gasteiger partial charge is 0.251 e. The molecule has 2 saturated heterocycles. The average Bonchev–Trinajstić information content (AvgIpc) is 2.83. The van der Waals surface area contributed by atoms with Crippen LogP contribution in [-0.2, 0) is 4.74 Å². The van der Waals surface area contributed by atoms with Gasteiger partial charge in [0.2, 0.25) is 0 Å². The Balaban J connectivity index is 1.47. The van der Waals surface area contributed by atoms with Gasteiger partial charge < -0.3 is 15.4 Å². The van der Waals surface area contributed by atoms with Crippen LogP contribution in [0.3, 0.4) is 0 Å². The van der Waals surface area contributed by atoms with E-state index in [1.807, 2.05) is 0 Å². The summed E-state index contributed by atoms with van der Waals surface area (Å²) in [6.45, 7) is 3.47. The van der Waals surface area contributed by atoms with Crippen LogP contribution in [0.5, 0.6) is 0 Å². The van der Waals surface area contributed by atoms with E-state index in [9.17, 15) is 4.79 Å². The number of aromatic nitrogens is 1. The molecule has 0 saturated carbocycles. The van der Waals surface area contributed by atoms with Gasteiger partial charge in [-0.15, -0.1) is 0 Å². The van der Waals surface area contributed by atoms with Crippen LogP contribution < -0.4 is 10.6 Å². The van der Waals surface area contributed by atoms with Crippen molar-refractivity contribution in [1.29, 1.82) is 0 Å². The van der Waals surface area contributed by atoms with Gasteiger partial charge in [-0.1, -0.05) is 0 Å². The number of rotatable bonds is 4. The zero-order valence-corrected chi connectivity index (χ0v) is 10.9. The molecule has 0 radical (unpaired) electrons. The van der Waals surface area contributed by atoms with Crippen molar-refractivity contribution in [2.75, 3.05) is 26.2 Å². The molecule has 5 nitrogen and oxygen atoms in total. The number of ether oxygens (including phenoxy) is 1. The predicted octanol–water partition coefficient (Wildman–Crippen LogP) is 0.580. The van der Waals surface area contributed by atoms with E-state index < -0.39 is 0 Å². The van der Waals surface area contributed by atoms with Crippen LogP contribution in [0, 0.1) is 5.92 Å². The lowest BCUT2D eigenvalue weighted by atomic mass is 9.80. The third kappa shape index (κ3) is 2.48. The number of nitrogens with one attached hydrogen (secondary N) is 2. The first-order valence-corrected chi connectivity index (χ1v) is 6.83. The maximum Gasteiger partial charge on any atom is 0.251 e. The Morgan fingerprint density at radius 2 is 2.26 bits per heavy atom. The van der Waals surface area contributed by atoms with Gasteiger partial charge in [0.05, 0.1) is 5.60 Å². The van der Waals surface area contributed by atoms with Crippen LogP contribution in [0.15, 0.2) is 24.5 Å². The summed E-state index contributed by atoms with van der Waals surface area (Å²) in [6, 6.07) is 3.46. The summed E-state index contributed by atoms with van der Waals surface area (Å²) in [5, 5.41) is 6.25. The van der Waals surface area contributed by atoms with Crippen molar-refractivity contribution >= 4 is 5.91 Å². The molecule has 2 aliphatic heterocycles. The second-order valence-corrected chi connectivity index (χ2v) is 5.28. The Labute approximate surface area is 112 Å². The molecule has 2 fully saturated rings. The van der Waals surface area contributed by atoms with Crippen LogP contribution in [-0.4, -0.2) is 42.7 Å². The van der Waals surface area contributed by atoms with Gasteiger partial charge in [0.15, 0.2) is 0 Å². The van der Waals surface area contributed by atoms with Crippen LogP contribution in [0.2, 0.25) is 0 Å². The minimum atomic E-state index is -0.0258. The zero-order chi connectivity index (χ0) is 13.1. The SMILES string of the molecule is O=C(NCCC1CCOC12CNC2)c1ccncc1. The van der Waals surface area contributed by atoms with Crippen molar-refractivity contribution in [3.63, 3.8) is 0 Å². The number of nitrogens with zero attached hydrogens (tertiary/aromatic N) is 1. The lowest BCUT2D eigenvalue weighted by Crippen LogP contribution is -2.62. The molecule has 3 rings (SSSR count). The molecule has 1 atom stereocenters. The minimum Gasteiger partial charge on any atom is -0.372 e. The lowest BCUT2D eigenvalue weighted by molar-refractivity contribution is -0.0626. The maximum absolute atomic E-state index is 11.9. The number of amides is 1. The Bertz CT molecular complexity index is 445. The molecule has 0 aliphatic carbocycles. The molecule has 1 aromatic rings. The zero-order valence-electron chi connectivity index (χ0n) is 10.9. The van der Waals surface area contributed by atoms with Crippen LogP contribution in [0.1, 0.15) is 23.2 Å². The molecule has 19 heavy (non-hydrogen) atoms. The van der Waals surface area contributed by atoms with E-state index in [2.05, 4.69) is 15.6 Å². The summed E-state index contributed by atoms with van der Waals surface area (Å²) in [7, 11) is 0. The molecule has 0 bridgehead atoms. The van der Waals surface area contributed by atoms with Gasteiger partial charge in [0, 0.05) is 44.2 Å². The Morgan fingerprint density at radius 1 is 1.47 bits per heavy atom. The highest BCUT2D eigenvalue weighted by atomic mass is 16.5. The second-order valence-electron chi connectivity index (χ2n) is 5.28. The molecule has 102 valence electrons. The van der Waals surface area contributed by atoms with Gasteiger partial charge in [0.1, 0.15) is 0 Å². The molecule has 5 heteroatoms. The first-order chi connectivity index (χ1) is 9.30. The molecule has 1 spiro atoms. The van der Waals surface area contributed by atoms with Gasteiger partial charge in [-0.2, -0.15) is 0 Å². The molecule has 1 unspecified atom stereocenters. The fraction of sp³-hybridized carbons (Fsp3) is 0.571. The topological polar surface area (TPSA) is 63.2 Å². The van der Waals surface area contributed by atoms with Crippen molar-refractivity contribution in [2.24, 2.45) is 5.92 Å². The van der Waals surface area contributed by atoms with Gasteiger partial charge in [-0.3, -0.25) is 9.78 Å². The first kappa shape index (κ1) is 12.6. The summed E-state index contributed by atoms with van der Waals surface area (Å²) in [6.07, 6.45) is 5.36. The largest absolute Gasteiger partial charge is 0.372 e. The highest BCUT2D eigenvalue weighted by Crippen LogP contribution is 2.37. The van der Waals surface area contributed by atoms with E-state index in [0.29, 0.717) is 18.0 Å². The molecule has 3 heterocycles. The fourth-order valence-corrected chi connectivity index (χ4v) is 2.92. The summed E-state index contributed by atoms with van der Waals surface area (Å²) < 4.78 is 5.85. The Morgan fingerprint density at radius 3 is 2.95 bits per heavy atom. The monoisotopic (exact) mass is 261 g/mol. The molecular weight excluding hydrogens is 242 g/mol. The molecule has 1 aromatic heterocycles. The second kappa shape index (κ2) is 5.27. The van der Waals surface area contributed by atoms with Gasteiger partial charge in [-0.25, -0.2) is 0 Å². The van der Waals surface area contributed by atoms with Gasteiger partial charge in [0.25, 0.3) is 5.91 Å². The highest BCUT2D eigenvalue weighted by Gasteiger charge is 2.48. The van der Waals surface area contributed by atoms with Crippen molar-refractivity contribution < 1.29 is 9.53 Å². The average molecular weight is 261 g/mol. The van der Waals surface area contributed by atoms with E-state index >= 15 is 0 Å². The quantitative estimate of drug-likeness (QED) is 0.832. The van der Waals surface area contributed by atoms with Crippen LogP contribution in [0.25, 0.3) is 0 Å². The van der Waals surface area contributed by atoms with Crippen LogP contribution >= 0.6 is 0 Å². The minimum absolute atomic E-state index is 0.0258. The van der Waals surface area contributed by atoms with Crippen molar-refractivity contribution in [3.8, 4) is 0 Å². The standard InChI is InChI=1S/C14H19N3O2/c18-13(11-1-5-15-6-2-11)17-7-3-12-4-8-19-14(12)9-16-10-14/h1-2,5-6,12,16H,3-4,7-10H2,(H,17,18). The lowest BCUT2D eigenvalue weighted by Gasteiger charge is -2.43. The molecule has 0 aromatic carbocycles. The third-order valence-electron chi connectivity index (χ3n) is 4.17. The first-order valence-electron chi connectivity index (χ1n) is 6.83. The van der Waals surface area contributed by atoms with E-state index in [0.717, 1.165) is 32.5 Å². The fourth-order valence-electron chi connectivity index (χ4n) is 2.92. The van der Waals surface area contributed by atoms with Crippen molar-refractivity contribution in [1.82, 2.24) is 15.6 Å². The Kier molecular flexibility index (Phi) is 3.48. The predicted molar refractivity (Wildman–Crippen MR) is 70.8 cm³/mol. The van der Waals surface area contributed by atoms with Crippen molar-refractivity contribution in [3.05, 3.63) is 30.1 Å². The number of hydrogen-bond donors (Lipinski definition) is 2. The summed E-state index contributed by atoms with van der Waals surface area (Å²) in [5.41, 5.74) is 0.721. The van der Waals surface area contributed by atoms with Crippen LogP contribution in [0.4, 0.5) is 0 Å². The molecule has 2 aliphatic rings. The Hall–Kier alpha value is -1.46. The van der Waals surface area contributed by atoms with E-state index in [1.54, 1.807) is 24.5 Å². The highest BCUT2D eigenvalue weighted by molar-refractivity contribution is 5.93. The van der Waals surface area contributed by atoms with Gasteiger partial charge in [-0.05, 0) is 30.9 Å². The normalized spacial score (nSPS) is 24.1. The van der Waals surface area contributed by atoms with Gasteiger partial charge >= 0.3 is 0 Å². The van der Waals surface area contributed by atoms with E-state index in [1.165, 1.54) is 0 Å².